The summed E-state index contributed by atoms with van der Waals surface area (Å²) in [4.78, 5) is 14.3. The summed E-state index contributed by atoms with van der Waals surface area (Å²) in [6.07, 6.45) is 3.58. The monoisotopic (exact) mass is 246 g/mol. The highest BCUT2D eigenvalue weighted by Gasteiger charge is 2.49. The first-order valence-electron chi connectivity index (χ1n) is 6.42. The number of nitrogens with two attached hydrogens (primary N) is 1. The zero-order valence-corrected chi connectivity index (χ0v) is 10.6. The van der Waals surface area contributed by atoms with Crippen LogP contribution < -0.4 is 15.4 Å². The molecule has 18 heavy (non-hydrogen) atoms. The summed E-state index contributed by atoms with van der Waals surface area (Å²) in [5.74, 6) is 0.817. The number of hydrogen-bond acceptors (Lipinski definition) is 3. The fraction of sp³-hybridized carbons (Fsp3) is 0.500. The Morgan fingerprint density at radius 3 is 2.89 bits per heavy atom. The van der Waals surface area contributed by atoms with E-state index in [1.165, 1.54) is 5.56 Å². The van der Waals surface area contributed by atoms with Crippen molar-refractivity contribution in [1.29, 1.82) is 0 Å². The number of fused-ring (bicyclic) bond motifs is 1. The number of hydrogen-bond donors (Lipinski definition) is 1. The van der Waals surface area contributed by atoms with E-state index in [1.54, 1.807) is 7.11 Å². The average molecular weight is 246 g/mol. The minimum absolute atomic E-state index is 0.0490. The molecule has 2 N–H and O–H groups in total. The number of aryl methyl sites for hydroxylation is 1. The van der Waals surface area contributed by atoms with Crippen molar-refractivity contribution in [3.63, 3.8) is 0 Å². The molecule has 1 heterocycles. The second kappa shape index (κ2) is 3.99. The Hall–Kier alpha value is -1.55. The van der Waals surface area contributed by atoms with Crippen molar-refractivity contribution in [2.75, 3.05) is 18.6 Å². The van der Waals surface area contributed by atoms with Gasteiger partial charge in [-0.3, -0.25) is 4.79 Å². The van der Waals surface area contributed by atoms with Crippen LogP contribution in [0.25, 0.3) is 0 Å². The molecule has 96 valence electrons. The lowest BCUT2D eigenvalue weighted by Crippen LogP contribution is -2.47. The van der Waals surface area contributed by atoms with E-state index in [0.717, 1.165) is 43.7 Å². The predicted molar refractivity (Wildman–Crippen MR) is 69.8 cm³/mol. The van der Waals surface area contributed by atoms with Gasteiger partial charge in [-0.25, -0.2) is 0 Å². The molecule has 2 aliphatic rings. The third kappa shape index (κ3) is 1.68. The zero-order chi connectivity index (χ0) is 12.8. The lowest BCUT2D eigenvalue weighted by molar-refractivity contribution is -0.120. The van der Waals surface area contributed by atoms with Crippen molar-refractivity contribution in [3.8, 4) is 5.75 Å². The molecular weight excluding hydrogens is 228 g/mol. The minimum Gasteiger partial charge on any atom is -0.495 e. The molecule has 0 spiro atoms. The van der Waals surface area contributed by atoms with Gasteiger partial charge in [-0.15, -0.1) is 0 Å². The number of carbonyl (C=O) groups is 1. The molecular formula is C14H18N2O2. The Morgan fingerprint density at radius 1 is 1.44 bits per heavy atom. The molecule has 1 aliphatic heterocycles. The topological polar surface area (TPSA) is 55.6 Å². The van der Waals surface area contributed by atoms with Crippen molar-refractivity contribution >= 4 is 11.6 Å². The number of rotatable bonds is 2. The number of nitrogens with zero attached hydrogens (tertiary/aromatic N) is 1. The van der Waals surface area contributed by atoms with E-state index in [1.807, 2.05) is 17.0 Å². The fourth-order valence-corrected chi connectivity index (χ4v) is 2.60. The third-order valence-corrected chi connectivity index (χ3v) is 3.86. The number of para-hydroxylation sites is 1. The summed E-state index contributed by atoms with van der Waals surface area (Å²) in [5.41, 5.74) is 7.52. The maximum Gasteiger partial charge on any atom is 0.247 e. The summed E-state index contributed by atoms with van der Waals surface area (Å²) >= 11 is 0. The SMILES string of the molecule is COc1cccc2c1N(C(=O)C1(N)CC1)CCC2. The second-order valence-electron chi connectivity index (χ2n) is 5.18. The zero-order valence-electron chi connectivity index (χ0n) is 10.6. The van der Waals surface area contributed by atoms with Crippen LogP contribution in [-0.4, -0.2) is 25.1 Å². The molecule has 0 saturated heterocycles. The van der Waals surface area contributed by atoms with Gasteiger partial charge in [-0.05, 0) is 37.3 Å². The first-order chi connectivity index (χ1) is 8.65. The molecule has 1 amide bonds. The van der Waals surface area contributed by atoms with Gasteiger partial charge in [-0.1, -0.05) is 12.1 Å². The van der Waals surface area contributed by atoms with Gasteiger partial charge in [0.25, 0.3) is 0 Å². The lowest BCUT2D eigenvalue weighted by atomic mass is 10.00. The highest BCUT2D eigenvalue weighted by Crippen LogP contribution is 2.41. The van der Waals surface area contributed by atoms with Crippen LogP contribution in [0.1, 0.15) is 24.8 Å². The van der Waals surface area contributed by atoms with Crippen molar-refractivity contribution in [1.82, 2.24) is 0 Å². The number of carbonyl (C=O) groups excluding carboxylic acids is 1. The summed E-state index contributed by atoms with van der Waals surface area (Å²) < 4.78 is 5.39. The molecule has 3 rings (SSSR count). The molecule has 0 unspecified atom stereocenters. The van der Waals surface area contributed by atoms with Crippen molar-refractivity contribution < 1.29 is 9.53 Å². The quantitative estimate of drug-likeness (QED) is 0.859. The van der Waals surface area contributed by atoms with E-state index in [0.29, 0.717) is 0 Å². The number of ether oxygens (including phenoxy) is 1. The summed E-state index contributed by atoms with van der Waals surface area (Å²) in [6, 6.07) is 5.94. The molecule has 1 saturated carbocycles. The van der Waals surface area contributed by atoms with Gasteiger partial charge in [0.15, 0.2) is 0 Å². The van der Waals surface area contributed by atoms with Crippen LogP contribution in [0, 0.1) is 0 Å². The van der Waals surface area contributed by atoms with Gasteiger partial charge >= 0.3 is 0 Å². The number of amides is 1. The first-order valence-corrected chi connectivity index (χ1v) is 6.42. The average Bonchev–Trinajstić information content (AvgIpc) is 3.15. The molecule has 1 fully saturated rings. The second-order valence-corrected chi connectivity index (χ2v) is 5.18. The van der Waals surface area contributed by atoms with Crippen LogP contribution in [0.5, 0.6) is 5.75 Å². The Morgan fingerprint density at radius 2 is 2.22 bits per heavy atom. The Labute approximate surface area is 107 Å². The van der Waals surface area contributed by atoms with Crippen molar-refractivity contribution in [2.24, 2.45) is 5.73 Å². The molecule has 4 nitrogen and oxygen atoms in total. The van der Waals surface area contributed by atoms with E-state index in [4.69, 9.17) is 10.5 Å². The van der Waals surface area contributed by atoms with E-state index in [9.17, 15) is 4.79 Å². The standard InChI is InChI=1S/C14H18N2O2/c1-18-11-6-2-4-10-5-3-9-16(12(10)11)13(17)14(15)7-8-14/h2,4,6H,3,5,7-9,15H2,1H3. The number of benzene rings is 1. The van der Waals surface area contributed by atoms with Crippen LogP contribution in [-0.2, 0) is 11.2 Å². The highest BCUT2D eigenvalue weighted by molar-refractivity contribution is 6.04. The summed E-state index contributed by atoms with van der Waals surface area (Å²) in [7, 11) is 1.64. The van der Waals surface area contributed by atoms with Gasteiger partial charge in [0, 0.05) is 6.54 Å². The van der Waals surface area contributed by atoms with E-state index in [-0.39, 0.29) is 5.91 Å². The van der Waals surface area contributed by atoms with Gasteiger partial charge in [0.2, 0.25) is 5.91 Å². The van der Waals surface area contributed by atoms with Crippen LogP contribution >= 0.6 is 0 Å². The molecule has 1 aromatic carbocycles. The van der Waals surface area contributed by atoms with E-state index >= 15 is 0 Å². The van der Waals surface area contributed by atoms with E-state index in [2.05, 4.69) is 6.07 Å². The van der Waals surface area contributed by atoms with Crippen molar-refractivity contribution in [3.05, 3.63) is 23.8 Å². The lowest BCUT2D eigenvalue weighted by Gasteiger charge is -2.32. The largest absolute Gasteiger partial charge is 0.495 e. The van der Waals surface area contributed by atoms with Gasteiger partial charge in [0.1, 0.15) is 5.75 Å². The first kappa shape index (κ1) is 11.5. The van der Waals surface area contributed by atoms with Crippen LogP contribution in [0.15, 0.2) is 18.2 Å². The molecule has 0 bridgehead atoms. The Kier molecular flexibility index (Phi) is 2.55. The Balaban J connectivity index is 2.03. The molecule has 0 atom stereocenters. The van der Waals surface area contributed by atoms with Crippen LogP contribution in [0.2, 0.25) is 0 Å². The predicted octanol–water partition coefficient (Wildman–Crippen LogP) is 1.47. The molecule has 1 aliphatic carbocycles. The molecule has 4 heteroatoms. The molecule has 0 radical (unpaired) electrons. The van der Waals surface area contributed by atoms with Crippen LogP contribution in [0.3, 0.4) is 0 Å². The number of anilines is 1. The maximum absolute atomic E-state index is 12.5. The summed E-state index contributed by atoms with van der Waals surface area (Å²) in [5, 5.41) is 0. The molecule has 0 aromatic heterocycles. The fourth-order valence-electron chi connectivity index (χ4n) is 2.60. The highest BCUT2D eigenvalue weighted by atomic mass is 16.5. The maximum atomic E-state index is 12.5. The number of methoxy groups -OCH3 is 1. The van der Waals surface area contributed by atoms with Gasteiger partial charge in [-0.2, -0.15) is 0 Å². The van der Waals surface area contributed by atoms with E-state index < -0.39 is 5.54 Å². The smallest absolute Gasteiger partial charge is 0.247 e. The van der Waals surface area contributed by atoms with Gasteiger partial charge in [0.05, 0.1) is 18.3 Å². The third-order valence-electron chi connectivity index (χ3n) is 3.86. The minimum atomic E-state index is -0.616. The van der Waals surface area contributed by atoms with Crippen LogP contribution in [0.4, 0.5) is 5.69 Å². The Bertz CT molecular complexity index is 480. The van der Waals surface area contributed by atoms with Crippen molar-refractivity contribution in [2.45, 2.75) is 31.2 Å². The van der Waals surface area contributed by atoms with Gasteiger partial charge < -0.3 is 15.4 Å². The summed E-state index contributed by atoms with van der Waals surface area (Å²) in [6.45, 7) is 0.741. The molecule has 1 aromatic rings. The normalized spacial score (nSPS) is 20.2.